The number of alkyl halides is 3. The van der Waals surface area contributed by atoms with Crippen molar-refractivity contribution in [2.75, 3.05) is 12.4 Å². The summed E-state index contributed by atoms with van der Waals surface area (Å²) in [6.07, 6.45) is -3.28. The van der Waals surface area contributed by atoms with Gasteiger partial charge < -0.3 is 18.9 Å². The second-order valence-electron chi connectivity index (χ2n) is 7.07. The van der Waals surface area contributed by atoms with Gasteiger partial charge >= 0.3 is 12.3 Å². The molecule has 0 amide bonds. The first kappa shape index (κ1) is 21.7. The van der Waals surface area contributed by atoms with Crippen molar-refractivity contribution in [2.45, 2.75) is 50.4 Å². The van der Waals surface area contributed by atoms with Crippen LogP contribution in [0, 0.1) is 0 Å². The van der Waals surface area contributed by atoms with Gasteiger partial charge in [-0.2, -0.15) is 8.42 Å². The fourth-order valence-electron chi connectivity index (χ4n) is 3.49. The van der Waals surface area contributed by atoms with E-state index in [9.17, 15) is 26.4 Å². The molecular weight excluding hydrogens is 421 g/mol. The molecule has 2 aliphatic heterocycles. The van der Waals surface area contributed by atoms with E-state index >= 15 is 0 Å². The van der Waals surface area contributed by atoms with Crippen LogP contribution in [0.25, 0.3) is 0 Å². The Bertz CT molecular complexity index is 885. The van der Waals surface area contributed by atoms with Gasteiger partial charge in [-0.05, 0) is 38.0 Å². The molecule has 3 rings (SSSR count). The van der Waals surface area contributed by atoms with E-state index in [1.165, 1.54) is 0 Å². The summed E-state index contributed by atoms with van der Waals surface area (Å²) in [5.41, 5.74) is -1.06. The smallest absolute Gasteiger partial charge is 0.481 e. The molecule has 2 bridgehead atoms. The molecule has 162 valence electrons. The number of carbonyl (C=O) groups is 1. The molecule has 0 radical (unpaired) electrons. The second kappa shape index (κ2) is 7.65. The summed E-state index contributed by atoms with van der Waals surface area (Å²) >= 11 is 0. The Morgan fingerprint density at radius 3 is 2.59 bits per heavy atom. The summed E-state index contributed by atoms with van der Waals surface area (Å²) in [5.74, 6) is -2.75. The van der Waals surface area contributed by atoms with Crippen LogP contribution in [0.3, 0.4) is 0 Å². The molecule has 1 aromatic carbocycles. The van der Waals surface area contributed by atoms with Crippen LogP contribution in [0.15, 0.2) is 18.2 Å². The molecule has 3 unspecified atom stereocenters. The minimum atomic E-state index is -4.97. The Balaban J connectivity index is 1.81. The van der Waals surface area contributed by atoms with Gasteiger partial charge in [0.25, 0.3) is 10.1 Å². The number of benzene rings is 1. The summed E-state index contributed by atoms with van der Waals surface area (Å²) in [4.78, 5) is 12.1. The summed E-state index contributed by atoms with van der Waals surface area (Å²) in [5, 5.41) is 0. The van der Waals surface area contributed by atoms with Crippen molar-refractivity contribution in [2.24, 2.45) is 0 Å². The van der Waals surface area contributed by atoms with Crippen LogP contribution in [0.4, 0.5) is 13.2 Å². The molecule has 12 heteroatoms. The Hall–Kier alpha value is -2.05. The van der Waals surface area contributed by atoms with E-state index in [0.717, 1.165) is 24.6 Å². The van der Waals surface area contributed by atoms with Gasteiger partial charge in [-0.25, -0.2) is 4.79 Å². The Kier molecular flexibility index (Phi) is 5.71. The zero-order valence-corrected chi connectivity index (χ0v) is 16.1. The normalized spacial score (nSPS) is 26.4. The maximum absolute atomic E-state index is 12.7. The lowest BCUT2D eigenvalue weighted by molar-refractivity contribution is -0.275. The third kappa shape index (κ3) is 5.52. The van der Waals surface area contributed by atoms with Gasteiger partial charge in [0, 0.05) is 6.42 Å². The molecule has 0 aromatic heterocycles. The number of halogens is 3. The van der Waals surface area contributed by atoms with E-state index < -0.39 is 46.2 Å². The minimum Gasteiger partial charge on any atom is -0.481 e. The predicted octanol–water partition coefficient (Wildman–Crippen LogP) is 2.72. The molecule has 2 aliphatic rings. The molecule has 0 aliphatic carbocycles. The molecule has 8 nitrogen and oxygen atoms in total. The average Bonchev–Trinajstić information content (AvgIpc) is 3.14. The Labute approximate surface area is 164 Å². The number of hydrogen-bond acceptors (Lipinski definition) is 7. The minimum absolute atomic E-state index is 0.0365. The molecule has 0 saturated carbocycles. The first-order valence-corrected chi connectivity index (χ1v) is 10.3. The molecule has 0 spiro atoms. The van der Waals surface area contributed by atoms with E-state index in [2.05, 4.69) is 4.74 Å². The second-order valence-corrected chi connectivity index (χ2v) is 8.65. The van der Waals surface area contributed by atoms with Gasteiger partial charge in [0.2, 0.25) is 0 Å². The molecule has 2 heterocycles. The molecule has 1 N–H and O–H groups in total. The van der Waals surface area contributed by atoms with E-state index in [1.54, 1.807) is 6.92 Å². The lowest BCUT2D eigenvalue weighted by atomic mass is 9.86. The van der Waals surface area contributed by atoms with Crippen LogP contribution in [0.2, 0.25) is 0 Å². The third-order valence-corrected chi connectivity index (χ3v) is 5.43. The third-order valence-electron chi connectivity index (χ3n) is 4.74. The van der Waals surface area contributed by atoms with Crippen LogP contribution in [0.5, 0.6) is 11.5 Å². The number of rotatable bonds is 7. The number of fused-ring (bicyclic) bond motifs is 2. The highest BCUT2D eigenvalue weighted by atomic mass is 32.2. The summed E-state index contributed by atoms with van der Waals surface area (Å²) in [6, 6.07) is 2.98. The van der Waals surface area contributed by atoms with Gasteiger partial charge in [-0.1, -0.05) is 0 Å². The zero-order valence-electron chi connectivity index (χ0n) is 15.3. The SMILES string of the molecule is CC1(Oc2cc(C(=O)OCCS(=O)(=O)O)ccc2OC(F)(F)F)CC2CCC1O2. The topological polar surface area (TPSA) is 108 Å². The largest absolute Gasteiger partial charge is 0.573 e. The fraction of sp³-hybridized carbons (Fsp3) is 0.588. The standard InChI is InChI=1S/C17H19F3O8S/c1-16(9-11-3-5-14(16)26-11)27-13-8-10(2-4-12(13)28-17(18,19)20)15(21)25-6-7-29(22,23)24/h2,4,8,11,14H,3,5-7,9H2,1H3,(H,22,23,24). The predicted molar refractivity (Wildman–Crippen MR) is 91.4 cm³/mol. The van der Waals surface area contributed by atoms with Crippen molar-refractivity contribution in [3.8, 4) is 11.5 Å². The number of esters is 1. The monoisotopic (exact) mass is 440 g/mol. The maximum atomic E-state index is 12.7. The molecule has 1 aromatic rings. The molecule has 3 atom stereocenters. The van der Waals surface area contributed by atoms with E-state index in [4.69, 9.17) is 18.8 Å². The Morgan fingerprint density at radius 2 is 2.03 bits per heavy atom. The molecule has 2 fully saturated rings. The van der Waals surface area contributed by atoms with Crippen LogP contribution < -0.4 is 9.47 Å². The van der Waals surface area contributed by atoms with Crippen LogP contribution in [-0.4, -0.2) is 55.5 Å². The zero-order chi connectivity index (χ0) is 21.4. The van der Waals surface area contributed by atoms with Gasteiger partial charge in [-0.15, -0.1) is 13.2 Å². The lowest BCUT2D eigenvalue weighted by Crippen LogP contribution is -2.42. The first-order valence-electron chi connectivity index (χ1n) is 8.71. The van der Waals surface area contributed by atoms with Crippen LogP contribution in [-0.2, 0) is 19.6 Å². The quantitative estimate of drug-likeness (QED) is 0.509. The van der Waals surface area contributed by atoms with Crippen molar-refractivity contribution >= 4 is 16.1 Å². The average molecular weight is 440 g/mol. The van der Waals surface area contributed by atoms with Gasteiger partial charge in [-0.3, -0.25) is 4.55 Å². The number of hydrogen-bond donors (Lipinski definition) is 1. The molecule has 29 heavy (non-hydrogen) atoms. The van der Waals surface area contributed by atoms with Crippen molar-refractivity contribution in [1.82, 2.24) is 0 Å². The van der Waals surface area contributed by atoms with Crippen molar-refractivity contribution < 1.29 is 49.9 Å². The summed E-state index contributed by atoms with van der Waals surface area (Å²) < 4.78 is 88.5. The molecular formula is C17H19F3O8S. The lowest BCUT2D eigenvalue weighted by Gasteiger charge is -2.33. The number of carbonyl (C=O) groups excluding carboxylic acids is 1. The van der Waals surface area contributed by atoms with E-state index in [1.807, 2.05) is 0 Å². The maximum Gasteiger partial charge on any atom is 0.573 e. The fourth-order valence-corrected chi connectivity index (χ4v) is 3.79. The van der Waals surface area contributed by atoms with Crippen LogP contribution >= 0.6 is 0 Å². The Morgan fingerprint density at radius 1 is 1.31 bits per heavy atom. The van der Waals surface area contributed by atoms with E-state index in [0.29, 0.717) is 12.8 Å². The van der Waals surface area contributed by atoms with Gasteiger partial charge in [0.15, 0.2) is 11.5 Å². The summed E-state index contributed by atoms with van der Waals surface area (Å²) in [7, 11) is -4.33. The van der Waals surface area contributed by atoms with Gasteiger partial charge in [0.05, 0.1) is 17.8 Å². The van der Waals surface area contributed by atoms with Crippen molar-refractivity contribution in [3.05, 3.63) is 23.8 Å². The highest BCUT2D eigenvalue weighted by molar-refractivity contribution is 7.85. The highest BCUT2D eigenvalue weighted by Gasteiger charge is 2.51. The summed E-state index contributed by atoms with van der Waals surface area (Å²) in [6.45, 7) is 1.09. The van der Waals surface area contributed by atoms with Crippen molar-refractivity contribution in [3.63, 3.8) is 0 Å². The highest BCUT2D eigenvalue weighted by Crippen LogP contribution is 2.46. The van der Waals surface area contributed by atoms with Gasteiger partial charge in [0.1, 0.15) is 18.0 Å². The molecule has 2 saturated heterocycles. The van der Waals surface area contributed by atoms with Crippen LogP contribution in [0.1, 0.15) is 36.5 Å². The van der Waals surface area contributed by atoms with Crippen molar-refractivity contribution in [1.29, 1.82) is 0 Å². The number of ether oxygens (including phenoxy) is 4. The van der Waals surface area contributed by atoms with E-state index in [-0.39, 0.29) is 23.5 Å². The first-order chi connectivity index (χ1) is 13.3.